The van der Waals surface area contributed by atoms with E-state index in [1.165, 1.54) is 0 Å². The van der Waals surface area contributed by atoms with Gasteiger partial charge in [0.25, 0.3) is 0 Å². The molecule has 2 aromatic rings. The maximum absolute atomic E-state index is 5.90. The van der Waals surface area contributed by atoms with Gasteiger partial charge in [-0.3, -0.25) is 0 Å². The summed E-state index contributed by atoms with van der Waals surface area (Å²) >= 11 is 5.86. The van der Waals surface area contributed by atoms with Gasteiger partial charge in [0.15, 0.2) is 0 Å². The fourth-order valence-corrected chi connectivity index (χ4v) is 1.86. The number of nitrogens with zero attached hydrogens (tertiary/aromatic N) is 2. The van der Waals surface area contributed by atoms with Crippen LogP contribution in [-0.2, 0) is 6.42 Å². The Kier molecular flexibility index (Phi) is 5.57. The van der Waals surface area contributed by atoms with E-state index in [1.807, 2.05) is 45.0 Å². The largest absolute Gasteiger partial charge is 0.383 e. The average molecular weight is 279 g/mol. The maximum Gasteiger partial charge on any atom is 0.222 e. The standard InChI is InChI=1S/C12H13ClN4.C2H6/c1-2-9-10(11(14)17-12(15)16-9)7-3-5-8(13)6-4-7;1-2/h3-6H,2H2,1H3,(H4,14,15,16,17);1-2H3. The molecule has 0 aliphatic rings. The second-order valence-electron chi connectivity index (χ2n) is 3.65. The molecule has 0 aliphatic carbocycles. The SMILES string of the molecule is CC.CCc1nc(N)nc(N)c1-c1ccc(Cl)cc1. The van der Waals surface area contributed by atoms with Gasteiger partial charge in [0.1, 0.15) is 5.82 Å². The number of hydrogen-bond acceptors (Lipinski definition) is 4. The van der Waals surface area contributed by atoms with Crippen molar-refractivity contribution in [3.05, 3.63) is 35.0 Å². The molecule has 2 rings (SSSR count). The molecule has 0 radical (unpaired) electrons. The molecule has 0 unspecified atom stereocenters. The van der Waals surface area contributed by atoms with Crippen molar-refractivity contribution >= 4 is 23.4 Å². The molecule has 5 heteroatoms. The van der Waals surface area contributed by atoms with Crippen molar-refractivity contribution in [2.45, 2.75) is 27.2 Å². The Morgan fingerprint density at radius 3 is 2.16 bits per heavy atom. The van der Waals surface area contributed by atoms with Gasteiger partial charge in [0, 0.05) is 10.6 Å². The van der Waals surface area contributed by atoms with Crippen LogP contribution in [0.4, 0.5) is 11.8 Å². The fraction of sp³-hybridized carbons (Fsp3) is 0.286. The molecule has 0 amide bonds. The zero-order chi connectivity index (χ0) is 14.4. The van der Waals surface area contributed by atoms with Crippen LogP contribution in [0.2, 0.25) is 5.02 Å². The van der Waals surface area contributed by atoms with Gasteiger partial charge in [-0.15, -0.1) is 0 Å². The van der Waals surface area contributed by atoms with Gasteiger partial charge < -0.3 is 11.5 Å². The van der Waals surface area contributed by atoms with Crippen molar-refractivity contribution in [2.24, 2.45) is 0 Å². The number of anilines is 2. The molecule has 1 heterocycles. The Bertz CT molecular complexity index is 538. The first-order chi connectivity index (χ1) is 9.11. The molecular formula is C14H19ClN4. The van der Waals surface area contributed by atoms with Crippen molar-refractivity contribution in [2.75, 3.05) is 11.5 Å². The summed E-state index contributed by atoms with van der Waals surface area (Å²) in [7, 11) is 0. The van der Waals surface area contributed by atoms with Gasteiger partial charge >= 0.3 is 0 Å². The van der Waals surface area contributed by atoms with Crippen LogP contribution >= 0.6 is 11.6 Å². The molecule has 19 heavy (non-hydrogen) atoms. The third-order valence-corrected chi connectivity index (χ3v) is 2.75. The van der Waals surface area contributed by atoms with Crippen molar-refractivity contribution in [1.29, 1.82) is 0 Å². The predicted molar refractivity (Wildman–Crippen MR) is 82.0 cm³/mol. The van der Waals surface area contributed by atoms with E-state index in [0.29, 0.717) is 10.8 Å². The minimum Gasteiger partial charge on any atom is -0.383 e. The van der Waals surface area contributed by atoms with Crippen LogP contribution in [0.1, 0.15) is 26.5 Å². The van der Waals surface area contributed by atoms with Crippen molar-refractivity contribution < 1.29 is 0 Å². The summed E-state index contributed by atoms with van der Waals surface area (Å²) < 4.78 is 0. The molecule has 1 aromatic carbocycles. The third-order valence-electron chi connectivity index (χ3n) is 2.50. The van der Waals surface area contributed by atoms with Crippen molar-refractivity contribution in [3.63, 3.8) is 0 Å². The smallest absolute Gasteiger partial charge is 0.222 e. The summed E-state index contributed by atoms with van der Waals surface area (Å²) in [6.45, 7) is 6.00. The normalized spacial score (nSPS) is 9.68. The Hall–Kier alpha value is -1.81. The predicted octanol–water partition coefficient (Wildman–Crippen LogP) is 3.55. The second-order valence-corrected chi connectivity index (χ2v) is 4.09. The van der Waals surface area contributed by atoms with E-state index in [-0.39, 0.29) is 5.95 Å². The summed E-state index contributed by atoms with van der Waals surface area (Å²) in [5, 5.41) is 0.682. The van der Waals surface area contributed by atoms with Crippen molar-refractivity contribution in [1.82, 2.24) is 9.97 Å². The van der Waals surface area contributed by atoms with Crippen LogP contribution in [0.3, 0.4) is 0 Å². The van der Waals surface area contributed by atoms with Crippen LogP contribution < -0.4 is 11.5 Å². The van der Waals surface area contributed by atoms with E-state index in [4.69, 9.17) is 23.1 Å². The lowest BCUT2D eigenvalue weighted by Crippen LogP contribution is -2.06. The first kappa shape index (κ1) is 15.2. The van der Waals surface area contributed by atoms with E-state index >= 15 is 0 Å². The molecule has 102 valence electrons. The first-order valence-corrected chi connectivity index (χ1v) is 6.67. The number of benzene rings is 1. The number of rotatable bonds is 2. The summed E-state index contributed by atoms with van der Waals surface area (Å²) in [5.74, 6) is 0.605. The number of hydrogen-bond donors (Lipinski definition) is 2. The minimum atomic E-state index is 0.206. The van der Waals surface area contributed by atoms with E-state index < -0.39 is 0 Å². The number of aryl methyl sites for hydroxylation is 1. The van der Waals surface area contributed by atoms with Gasteiger partial charge in [0.05, 0.1) is 5.69 Å². The van der Waals surface area contributed by atoms with E-state index in [1.54, 1.807) is 0 Å². The molecule has 0 bridgehead atoms. The Labute approximate surface area is 118 Å². The average Bonchev–Trinajstić information content (AvgIpc) is 2.41. The summed E-state index contributed by atoms with van der Waals surface area (Å²) in [6, 6.07) is 7.41. The van der Waals surface area contributed by atoms with Crippen LogP contribution in [0.25, 0.3) is 11.1 Å². The number of nitrogens with two attached hydrogens (primary N) is 2. The highest BCUT2D eigenvalue weighted by atomic mass is 35.5. The minimum absolute atomic E-state index is 0.206. The molecular weight excluding hydrogens is 260 g/mol. The highest BCUT2D eigenvalue weighted by Gasteiger charge is 2.11. The highest BCUT2D eigenvalue weighted by molar-refractivity contribution is 6.30. The van der Waals surface area contributed by atoms with Crippen molar-refractivity contribution in [3.8, 4) is 11.1 Å². The van der Waals surface area contributed by atoms with Crippen LogP contribution in [0.5, 0.6) is 0 Å². The van der Waals surface area contributed by atoms with Gasteiger partial charge in [0.2, 0.25) is 5.95 Å². The highest BCUT2D eigenvalue weighted by Crippen LogP contribution is 2.29. The Balaban J connectivity index is 0.000000861. The molecule has 0 aliphatic heterocycles. The molecule has 4 nitrogen and oxygen atoms in total. The molecule has 4 N–H and O–H groups in total. The fourth-order valence-electron chi connectivity index (χ4n) is 1.73. The third kappa shape index (κ3) is 3.58. The summed E-state index contributed by atoms with van der Waals surface area (Å²) in [6.07, 6.45) is 0.745. The second kappa shape index (κ2) is 6.95. The lowest BCUT2D eigenvalue weighted by molar-refractivity contribution is 1.02. The molecule has 0 saturated heterocycles. The lowest BCUT2D eigenvalue weighted by atomic mass is 10.0. The van der Waals surface area contributed by atoms with Gasteiger partial charge in [-0.1, -0.05) is 44.5 Å². The van der Waals surface area contributed by atoms with E-state index in [0.717, 1.165) is 23.2 Å². The maximum atomic E-state index is 5.90. The van der Waals surface area contributed by atoms with Crippen LogP contribution in [0, 0.1) is 0 Å². The van der Waals surface area contributed by atoms with E-state index in [9.17, 15) is 0 Å². The molecule has 0 saturated carbocycles. The zero-order valence-electron chi connectivity index (χ0n) is 11.4. The molecule has 0 spiro atoms. The number of halogens is 1. The Morgan fingerprint density at radius 2 is 1.63 bits per heavy atom. The number of nitrogen functional groups attached to an aromatic ring is 2. The van der Waals surface area contributed by atoms with Gasteiger partial charge in [-0.25, -0.2) is 4.98 Å². The molecule has 0 fully saturated rings. The monoisotopic (exact) mass is 278 g/mol. The summed E-state index contributed by atoms with van der Waals surface area (Å²) in [5.41, 5.74) is 14.1. The van der Waals surface area contributed by atoms with Crippen LogP contribution in [0.15, 0.2) is 24.3 Å². The first-order valence-electron chi connectivity index (χ1n) is 6.29. The van der Waals surface area contributed by atoms with Gasteiger partial charge in [-0.2, -0.15) is 4.98 Å². The van der Waals surface area contributed by atoms with Gasteiger partial charge in [-0.05, 0) is 24.1 Å². The Morgan fingerprint density at radius 1 is 1.05 bits per heavy atom. The van der Waals surface area contributed by atoms with E-state index in [2.05, 4.69) is 9.97 Å². The number of aromatic nitrogens is 2. The zero-order valence-corrected chi connectivity index (χ0v) is 12.2. The molecule has 1 aromatic heterocycles. The lowest BCUT2D eigenvalue weighted by Gasteiger charge is -2.10. The summed E-state index contributed by atoms with van der Waals surface area (Å²) in [4.78, 5) is 8.20. The van der Waals surface area contributed by atoms with Crippen LogP contribution in [-0.4, -0.2) is 9.97 Å². The topological polar surface area (TPSA) is 77.8 Å². The quantitative estimate of drug-likeness (QED) is 0.880. The molecule has 0 atom stereocenters.